The maximum absolute atomic E-state index is 2.54. The number of aryl methyl sites for hydroxylation is 6. The zero-order valence-electron chi connectivity index (χ0n) is 23.1. The quantitative estimate of drug-likeness (QED) is 0.128. The van der Waals surface area contributed by atoms with Gasteiger partial charge in [0, 0.05) is 0 Å². The fourth-order valence-corrected chi connectivity index (χ4v) is 11.6. The minimum Gasteiger partial charge on any atom is -1.00 e. The summed E-state index contributed by atoms with van der Waals surface area (Å²) < 4.78 is 0. The average Bonchev–Trinajstić information content (AvgIpc) is 3.17. The van der Waals surface area contributed by atoms with E-state index in [4.69, 9.17) is 0 Å². The first kappa shape index (κ1) is 35.8. The molecule has 37 heavy (non-hydrogen) atoms. The summed E-state index contributed by atoms with van der Waals surface area (Å²) in [4.78, 5) is 0. The molecular weight excluding hydrogens is 567 g/mol. The minimum absolute atomic E-state index is 0. The molecule has 0 bridgehead atoms. The third-order valence-corrected chi connectivity index (χ3v) is 11.6. The molecule has 194 valence electrons. The van der Waals surface area contributed by atoms with Gasteiger partial charge in [-0.05, 0) is 47.5 Å². The minimum atomic E-state index is -2.54. The average molecular weight is 604 g/mol. The third kappa shape index (κ3) is 7.07. The van der Waals surface area contributed by atoms with E-state index in [0.717, 1.165) is 0 Å². The van der Waals surface area contributed by atoms with Gasteiger partial charge in [-0.3, -0.25) is 0 Å². The van der Waals surface area contributed by atoms with Crippen molar-refractivity contribution in [3.63, 3.8) is 0 Å². The van der Waals surface area contributed by atoms with Crippen molar-refractivity contribution in [3.8, 4) is 0 Å². The van der Waals surface area contributed by atoms with Crippen molar-refractivity contribution < 1.29 is 58.9 Å². The normalized spacial score (nSPS) is 10.6. The number of halogens is 3. The second-order valence-electron chi connectivity index (χ2n) is 10.4. The van der Waals surface area contributed by atoms with Gasteiger partial charge >= 0.3 is 21.7 Å². The van der Waals surface area contributed by atoms with Crippen LogP contribution in [0.3, 0.4) is 0 Å². The molecule has 0 saturated heterocycles. The van der Waals surface area contributed by atoms with Gasteiger partial charge in [0.1, 0.15) is 8.07 Å². The molecule has 0 N–H and O–H groups in total. The summed E-state index contributed by atoms with van der Waals surface area (Å²) in [6.07, 6.45) is 0. The Balaban J connectivity index is 0.00000324. The smallest absolute Gasteiger partial charge is 1.00 e. The number of rotatable bonds is 5. The van der Waals surface area contributed by atoms with Crippen molar-refractivity contribution in [2.24, 2.45) is 0 Å². The Kier molecular flexibility index (Phi) is 13.8. The molecule has 0 aromatic heterocycles. The summed E-state index contributed by atoms with van der Waals surface area (Å²) in [5.41, 5.74) is 9.53. The monoisotopic (exact) mass is 602 g/mol. The van der Waals surface area contributed by atoms with E-state index in [1.807, 2.05) is 0 Å². The van der Waals surface area contributed by atoms with Gasteiger partial charge in [0.2, 0.25) is 0 Å². The van der Waals surface area contributed by atoms with Gasteiger partial charge in [0.25, 0.3) is 0 Å². The second kappa shape index (κ2) is 14.3. The molecule has 0 fully saturated rings. The SMILES string of the molecule is Cc1cc(C)cc([Si](c2cc(C)cc(C)c2)(c2cc(C)cc(C)c2)[c-]2cccc2C(C)C)c1.[Cl-].[Cl-].[Cl-].[Ti+4]. The largest absolute Gasteiger partial charge is 4.00 e. The van der Waals surface area contributed by atoms with E-state index in [9.17, 15) is 0 Å². The predicted octanol–water partition coefficient (Wildman–Crippen LogP) is -3.23. The van der Waals surface area contributed by atoms with E-state index < -0.39 is 8.07 Å². The molecule has 0 saturated carbocycles. The maximum Gasteiger partial charge on any atom is 4.00 e. The molecule has 0 nitrogen and oxygen atoms in total. The van der Waals surface area contributed by atoms with Gasteiger partial charge in [-0.2, -0.15) is 11.6 Å². The van der Waals surface area contributed by atoms with E-state index in [1.54, 1.807) is 0 Å². The molecular formula is C32H37Cl3SiTi. The zero-order valence-corrected chi connectivity index (χ0v) is 28.0. The first-order valence-electron chi connectivity index (χ1n) is 12.1. The Morgan fingerprint density at radius 3 is 1.11 bits per heavy atom. The Bertz CT molecular complexity index is 1140. The van der Waals surface area contributed by atoms with E-state index in [2.05, 4.69) is 128 Å². The van der Waals surface area contributed by atoms with Gasteiger partial charge in [0.05, 0.1) is 0 Å². The van der Waals surface area contributed by atoms with Crippen molar-refractivity contribution in [2.75, 3.05) is 0 Å². The van der Waals surface area contributed by atoms with Crippen LogP contribution in [0.2, 0.25) is 0 Å². The molecule has 5 heteroatoms. The van der Waals surface area contributed by atoms with Crippen LogP contribution in [0.1, 0.15) is 58.7 Å². The van der Waals surface area contributed by atoms with Crippen LogP contribution in [0.5, 0.6) is 0 Å². The summed E-state index contributed by atoms with van der Waals surface area (Å²) >= 11 is 0. The van der Waals surface area contributed by atoms with Crippen LogP contribution in [0, 0.1) is 41.5 Å². The van der Waals surface area contributed by atoms with Crippen LogP contribution in [-0.2, 0) is 21.7 Å². The Morgan fingerprint density at radius 2 is 0.838 bits per heavy atom. The predicted molar refractivity (Wildman–Crippen MR) is 148 cm³/mol. The molecule has 0 aliphatic heterocycles. The number of hydrogen-bond donors (Lipinski definition) is 0. The molecule has 0 amide bonds. The van der Waals surface area contributed by atoms with Crippen molar-refractivity contribution in [2.45, 2.75) is 61.3 Å². The second-order valence-corrected chi connectivity index (χ2v) is 14.2. The van der Waals surface area contributed by atoms with E-state index in [0.29, 0.717) is 5.92 Å². The maximum atomic E-state index is 2.46. The van der Waals surface area contributed by atoms with Gasteiger partial charge in [0.15, 0.2) is 0 Å². The summed E-state index contributed by atoms with van der Waals surface area (Å²) in [6, 6.07) is 28.8. The van der Waals surface area contributed by atoms with E-state index in [1.165, 1.54) is 59.7 Å². The molecule has 0 aliphatic carbocycles. The fraction of sp³-hybridized carbons (Fsp3) is 0.281. The Labute approximate surface area is 259 Å². The van der Waals surface area contributed by atoms with Crippen LogP contribution < -0.4 is 58.0 Å². The van der Waals surface area contributed by atoms with Crippen LogP contribution in [0.25, 0.3) is 0 Å². The first-order valence-corrected chi connectivity index (χ1v) is 14.1. The van der Waals surface area contributed by atoms with Crippen LogP contribution in [0.4, 0.5) is 0 Å². The van der Waals surface area contributed by atoms with Crippen LogP contribution in [0.15, 0.2) is 72.8 Å². The molecule has 0 radical (unpaired) electrons. The molecule has 0 aliphatic rings. The Morgan fingerprint density at radius 1 is 0.541 bits per heavy atom. The van der Waals surface area contributed by atoms with Crippen molar-refractivity contribution in [3.05, 3.63) is 112 Å². The molecule has 4 aromatic rings. The molecule has 0 spiro atoms. The van der Waals surface area contributed by atoms with E-state index >= 15 is 0 Å². The fourth-order valence-electron chi connectivity index (χ4n) is 5.82. The van der Waals surface area contributed by atoms with E-state index in [-0.39, 0.29) is 58.9 Å². The zero-order chi connectivity index (χ0) is 23.9. The van der Waals surface area contributed by atoms with Gasteiger partial charge in [-0.15, -0.1) is 5.19 Å². The summed E-state index contributed by atoms with van der Waals surface area (Å²) in [5.74, 6) is 0.476. The molecule has 4 aromatic carbocycles. The summed E-state index contributed by atoms with van der Waals surface area (Å²) in [5, 5.41) is 6.01. The Hall–Kier alpha value is -1.19. The molecule has 0 atom stereocenters. The molecule has 0 unspecified atom stereocenters. The van der Waals surface area contributed by atoms with Crippen molar-refractivity contribution in [1.29, 1.82) is 0 Å². The number of hydrogen-bond acceptors (Lipinski definition) is 0. The van der Waals surface area contributed by atoms with Crippen LogP contribution in [-0.4, -0.2) is 8.07 Å². The van der Waals surface area contributed by atoms with Gasteiger partial charge in [-0.1, -0.05) is 117 Å². The molecule has 0 heterocycles. The third-order valence-electron chi connectivity index (χ3n) is 6.84. The van der Waals surface area contributed by atoms with Crippen molar-refractivity contribution >= 4 is 28.8 Å². The van der Waals surface area contributed by atoms with Gasteiger partial charge in [-0.25, -0.2) is 12.1 Å². The summed E-state index contributed by atoms with van der Waals surface area (Å²) in [7, 11) is -2.54. The topological polar surface area (TPSA) is 0 Å². The van der Waals surface area contributed by atoms with Crippen LogP contribution >= 0.6 is 0 Å². The standard InChI is InChI=1S/C32H37Si.3ClH.Ti/c1-21(2)31-10-9-11-32(31)33(28-15-22(3)12-23(4)16-28,29-17-24(5)13-25(6)18-29)30-19-26(7)14-27(8)20-30;;;;/h9-21H,1-8H3;3*1H;/q-1;;;;+4/p-3. The van der Waals surface area contributed by atoms with Crippen molar-refractivity contribution in [1.82, 2.24) is 0 Å². The number of benzene rings is 3. The summed E-state index contributed by atoms with van der Waals surface area (Å²) in [6.45, 7) is 18.1. The molecule has 4 rings (SSSR count). The first-order chi connectivity index (χ1) is 15.6. The van der Waals surface area contributed by atoms with Gasteiger partial charge < -0.3 is 37.2 Å².